The van der Waals surface area contributed by atoms with Crippen LogP contribution in [0.3, 0.4) is 0 Å². The first-order valence-corrected chi connectivity index (χ1v) is 11.9. The second-order valence-electron chi connectivity index (χ2n) is 7.84. The smallest absolute Gasteiger partial charge is 0.306 e. The van der Waals surface area contributed by atoms with Crippen molar-refractivity contribution in [2.45, 2.75) is 19.8 Å². The minimum Gasteiger partial charge on any atom is -0.466 e. The number of amides is 1. The Balaban J connectivity index is 1.83. The maximum atomic E-state index is 13.1. The number of allylic oxidation sites excluding steroid dienone is 1. The number of esters is 1. The van der Waals surface area contributed by atoms with Crippen LogP contribution >= 0.6 is 23.2 Å². The number of benzene rings is 2. The Bertz CT molecular complexity index is 1210. The number of hydrogen-bond acceptors (Lipinski definition) is 5. The SMILES string of the molecule is CCOC(=O)CC/C(=C\C(=O)N1CCOCC1)c1oc2c(Cl)cccc2c1-c1ccc(Cl)cc1. The molecule has 6 nitrogen and oxygen atoms in total. The number of ether oxygens (including phenoxy) is 2. The molecule has 2 aromatic carbocycles. The van der Waals surface area contributed by atoms with Crippen LogP contribution in [0.1, 0.15) is 25.5 Å². The lowest BCUT2D eigenvalue weighted by molar-refractivity contribution is -0.143. The average Bonchev–Trinajstić information content (AvgIpc) is 3.23. The van der Waals surface area contributed by atoms with Crippen LogP contribution in [0.2, 0.25) is 10.0 Å². The summed E-state index contributed by atoms with van der Waals surface area (Å²) in [5, 5.41) is 1.88. The van der Waals surface area contributed by atoms with E-state index >= 15 is 0 Å². The van der Waals surface area contributed by atoms with Crippen LogP contribution in [0, 0.1) is 0 Å². The van der Waals surface area contributed by atoms with Crippen molar-refractivity contribution in [1.82, 2.24) is 4.90 Å². The van der Waals surface area contributed by atoms with E-state index < -0.39 is 0 Å². The number of furan rings is 1. The Morgan fingerprint density at radius 3 is 2.50 bits per heavy atom. The Morgan fingerprint density at radius 2 is 1.79 bits per heavy atom. The summed E-state index contributed by atoms with van der Waals surface area (Å²) in [7, 11) is 0. The number of rotatable bonds is 7. The zero-order chi connectivity index (χ0) is 24.1. The number of carbonyl (C=O) groups excluding carboxylic acids is 2. The molecule has 0 atom stereocenters. The van der Waals surface area contributed by atoms with Gasteiger partial charge in [-0.05, 0) is 37.1 Å². The third-order valence-electron chi connectivity index (χ3n) is 5.62. The van der Waals surface area contributed by atoms with E-state index in [1.165, 1.54) is 0 Å². The molecule has 178 valence electrons. The molecule has 8 heteroatoms. The van der Waals surface area contributed by atoms with Crippen molar-refractivity contribution in [2.75, 3.05) is 32.9 Å². The van der Waals surface area contributed by atoms with Gasteiger partial charge in [0.1, 0.15) is 5.76 Å². The summed E-state index contributed by atoms with van der Waals surface area (Å²) in [6, 6.07) is 12.9. The fourth-order valence-corrected chi connectivity index (χ4v) is 4.30. The Labute approximate surface area is 208 Å². The largest absolute Gasteiger partial charge is 0.466 e. The third kappa shape index (κ3) is 5.46. The predicted octanol–water partition coefficient (Wildman–Crippen LogP) is 5.99. The van der Waals surface area contributed by atoms with Gasteiger partial charge in [-0.2, -0.15) is 0 Å². The Kier molecular flexibility index (Phi) is 7.93. The molecular formula is C26H25Cl2NO5. The van der Waals surface area contributed by atoms with E-state index in [4.69, 9.17) is 37.1 Å². The summed E-state index contributed by atoms with van der Waals surface area (Å²) in [6.07, 6.45) is 1.93. The fraction of sp³-hybridized carbons (Fsp3) is 0.308. The Morgan fingerprint density at radius 1 is 1.06 bits per heavy atom. The van der Waals surface area contributed by atoms with E-state index in [-0.39, 0.29) is 24.7 Å². The number of halogens is 2. The van der Waals surface area contributed by atoms with E-state index in [0.29, 0.717) is 59.9 Å². The summed E-state index contributed by atoms with van der Waals surface area (Å²) in [5.74, 6) is 0.00139. The summed E-state index contributed by atoms with van der Waals surface area (Å²) in [6.45, 7) is 4.06. The van der Waals surface area contributed by atoms with Crippen molar-refractivity contribution >= 4 is 51.6 Å². The van der Waals surface area contributed by atoms with E-state index in [1.54, 1.807) is 36.1 Å². The molecule has 1 amide bonds. The molecule has 4 rings (SSSR count). The zero-order valence-corrected chi connectivity index (χ0v) is 20.3. The van der Waals surface area contributed by atoms with Crippen LogP contribution in [0.4, 0.5) is 0 Å². The van der Waals surface area contributed by atoms with Gasteiger partial charge < -0.3 is 18.8 Å². The van der Waals surface area contributed by atoms with Crippen LogP contribution in [0.5, 0.6) is 0 Å². The molecule has 1 saturated heterocycles. The lowest BCUT2D eigenvalue weighted by atomic mass is 9.96. The lowest BCUT2D eigenvalue weighted by Gasteiger charge is -2.26. The highest BCUT2D eigenvalue weighted by Crippen LogP contribution is 2.42. The second kappa shape index (κ2) is 11.1. The number of hydrogen-bond donors (Lipinski definition) is 0. The molecule has 1 aliphatic heterocycles. The van der Waals surface area contributed by atoms with Crippen molar-refractivity contribution in [3.63, 3.8) is 0 Å². The number of morpholine rings is 1. The molecule has 2 heterocycles. The highest BCUT2D eigenvalue weighted by atomic mass is 35.5. The van der Waals surface area contributed by atoms with Crippen molar-refractivity contribution in [2.24, 2.45) is 0 Å². The lowest BCUT2D eigenvalue weighted by Crippen LogP contribution is -2.39. The summed E-state index contributed by atoms with van der Waals surface area (Å²) in [5.41, 5.74) is 2.77. The maximum absolute atomic E-state index is 13.1. The van der Waals surface area contributed by atoms with Gasteiger partial charge in [0.2, 0.25) is 5.91 Å². The van der Waals surface area contributed by atoms with Gasteiger partial charge in [-0.15, -0.1) is 0 Å². The number of carbonyl (C=O) groups is 2. The molecule has 0 aliphatic carbocycles. The summed E-state index contributed by atoms with van der Waals surface area (Å²) < 4.78 is 16.8. The summed E-state index contributed by atoms with van der Waals surface area (Å²) in [4.78, 5) is 27.0. The molecule has 0 N–H and O–H groups in total. The first-order valence-electron chi connectivity index (χ1n) is 11.2. The van der Waals surface area contributed by atoms with Crippen LogP contribution in [0.15, 0.2) is 53.0 Å². The van der Waals surface area contributed by atoms with Gasteiger partial charge in [-0.1, -0.05) is 47.5 Å². The first kappa shape index (κ1) is 24.3. The van der Waals surface area contributed by atoms with Crippen molar-refractivity contribution in [1.29, 1.82) is 0 Å². The molecule has 1 aromatic heterocycles. The van der Waals surface area contributed by atoms with Crippen molar-refractivity contribution in [3.05, 3.63) is 64.3 Å². The topological polar surface area (TPSA) is 69.0 Å². The van der Waals surface area contributed by atoms with Crippen molar-refractivity contribution < 1.29 is 23.5 Å². The minimum atomic E-state index is -0.339. The van der Waals surface area contributed by atoms with Gasteiger partial charge in [0.05, 0.1) is 24.8 Å². The van der Waals surface area contributed by atoms with Gasteiger partial charge in [-0.3, -0.25) is 9.59 Å². The van der Waals surface area contributed by atoms with Crippen LogP contribution in [-0.2, 0) is 19.1 Å². The summed E-state index contributed by atoms with van der Waals surface area (Å²) >= 11 is 12.6. The molecule has 0 bridgehead atoms. The molecule has 1 fully saturated rings. The maximum Gasteiger partial charge on any atom is 0.306 e. The number of para-hydroxylation sites is 1. The second-order valence-corrected chi connectivity index (χ2v) is 8.69. The van der Waals surface area contributed by atoms with Gasteiger partial charge in [0.25, 0.3) is 0 Å². The standard InChI is InChI=1S/C26H25Cl2NO5/c1-2-33-23(31)11-8-18(16-22(30)29-12-14-32-15-13-29)25-24(17-6-9-19(27)10-7-17)20-4-3-5-21(28)26(20)34-25/h3-7,9-10,16H,2,8,11-15H2,1H3/b18-16+. The average molecular weight is 502 g/mol. The van der Waals surface area contributed by atoms with Crippen LogP contribution in [0.25, 0.3) is 27.7 Å². The number of fused-ring (bicyclic) bond motifs is 1. The quantitative estimate of drug-likeness (QED) is 0.293. The highest BCUT2D eigenvalue weighted by Gasteiger charge is 2.24. The van der Waals surface area contributed by atoms with E-state index in [0.717, 1.165) is 16.5 Å². The monoisotopic (exact) mass is 501 g/mol. The molecule has 0 unspecified atom stereocenters. The Hall–Kier alpha value is -2.80. The molecule has 3 aromatic rings. The predicted molar refractivity (Wildman–Crippen MR) is 133 cm³/mol. The van der Waals surface area contributed by atoms with E-state index in [2.05, 4.69) is 0 Å². The molecule has 1 aliphatic rings. The van der Waals surface area contributed by atoms with Gasteiger partial charge in [-0.25, -0.2) is 0 Å². The van der Waals surface area contributed by atoms with Gasteiger partial charge >= 0.3 is 5.97 Å². The fourth-order valence-electron chi connectivity index (χ4n) is 3.96. The highest BCUT2D eigenvalue weighted by molar-refractivity contribution is 6.35. The van der Waals surface area contributed by atoms with Gasteiger partial charge in [0, 0.05) is 47.1 Å². The third-order valence-corrected chi connectivity index (χ3v) is 6.17. The molecule has 34 heavy (non-hydrogen) atoms. The number of nitrogens with zero attached hydrogens (tertiary/aromatic N) is 1. The normalized spacial score (nSPS) is 14.4. The molecule has 0 spiro atoms. The van der Waals surface area contributed by atoms with E-state index in [1.807, 2.05) is 24.3 Å². The molecule has 0 radical (unpaired) electrons. The minimum absolute atomic E-state index is 0.112. The first-order chi connectivity index (χ1) is 16.5. The van der Waals surface area contributed by atoms with Crippen LogP contribution in [-0.4, -0.2) is 49.7 Å². The van der Waals surface area contributed by atoms with E-state index in [9.17, 15) is 9.59 Å². The van der Waals surface area contributed by atoms with Crippen LogP contribution < -0.4 is 0 Å². The zero-order valence-electron chi connectivity index (χ0n) is 18.8. The van der Waals surface area contributed by atoms with Crippen molar-refractivity contribution in [3.8, 4) is 11.1 Å². The molecule has 0 saturated carbocycles. The molecular weight excluding hydrogens is 477 g/mol. The van der Waals surface area contributed by atoms with Gasteiger partial charge in [0.15, 0.2) is 5.58 Å².